The molecule has 18 atom stereocenters. The van der Waals surface area contributed by atoms with Gasteiger partial charge in [0.1, 0.15) is 12.7 Å². The third-order valence-electron chi connectivity index (χ3n) is 15.7. The lowest BCUT2D eigenvalue weighted by Crippen LogP contribution is -2.67. The number of ether oxygens (including phenoxy) is 7. The Hall–Kier alpha value is -1.15. The predicted molar refractivity (Wildman–Crippen MR) is 188 cm³/mol. The molecule has 4 aliphatic carbocycles. The number of esters is 1. The molecule has 3 N–H and O–H groups in total. The number of cyclic esters (lactones) is 1. The Labute approximate surface area is 309 Å². The molecule has 4 saturated carbocycles. The van der Waals surface area contributed by atoms with Crippen molar-refractivity contribution in [2.24, 2.45) is 34.5 Å². The SMILES string of the molecule is CC1CCCC(OC2C(O)CC(OC3CCC(OC4CCC5(C)C(CCC6C5CC(O)C5(C)C(C7=CC(=O)OC7)CCC65O)C4)OC3C)O[C@@H]2C)O1. The largest absolute Gasteiger partial charge is 0.458 e. The van der Waals surface area contributed by atoms with Gasteiger partial charge in [0.2, 0.25) is 0 Å². The lowest BCUT2D eigenvalue weighted by Gasteiger charge is -2.65. The summed E-state index contributed by atoms with van der Waals surface area (Å²) in [5.74, 6) is 0.485. The van der Waals surface area contributed by atoms with Gasteiger partial charge in [0.15, 0.2) is 18.9 Å². The molecule has 4 heterocycles. The van der Waals surface area contributed by atoms with Crippen LogP contribution in [0.3, 0.4) is 0 Å². The fourth-order valence-corrected chi connectivity index (χ4v) is 12.6. The van der Waals surface area contributed by atoms with Crippen LogP contribution < -0.4 is 0 Å². The van der Waals surface area contributed by atoms with Gasteiger partial charge in [-0.05, 0) is 132 Å². The van der Waals surface area contributed by atoms with Gasteiger partial charge in [-0.1, -0.05) is 13.8 Å². The van der Waals surface area contributed by atoms with Gasteiger partial charge in [-0.2, -0.15) is 0 Å². The maximum absolute atomic E-state index is 12.6. The normalized spacial score (nSPS) is 53.7. The van der Waals surface area contributed by atoms with E-state index in [4.69, 9.17) is 33.2 Å². The molecule has 11 nitrogen and oxygen atoms in total. The van der Waals surface area contributed by atoms with Crippen LogP contribution in [-0.4, -0.2) is 101 Å². The summed E-state index contributed by atoms with van der Waals surface area (Å²) in [5.41, 5.74) is -0.687. The topological polar surface area (TPSA) is 142 Å². The van der Waals surface area contributed by atoms with Crippen molar-refractivity contribution >= 4 is 5.97 Å². The fraction of sp³-hybridized carbons (Fsp3) is 0.927. The summed E-state index contributed by atoms with van der Waals surface area (Å²) in [4.78, 5) is 11.9. The summed E-state index contributed by atoms with van der Waals surface area (Å²) >= 11 is 0. The van der Waals surface area contributed by atoms with E-state index in [1.54, 1.807) is 6.08 Å². The van der Waals surface area contributed by atoms with Crippen LogP contribution in [0.1, 0.15) is 125 Å². The van der Waals surface area contributed by atoms with Gasteiger partial charge >= 0.3 is 5.97 Å². The molecular weight excluding hydrogens is 668 g/mol. The molecule has 4 aliphatic heterocycles. The highest BCUT2D eigenvalue weighted by Crippen LogP contribution is 2.70. The highest BCUT2D eigenvalue weighted by molar-refractivity contribution is 5.85. The van der Waals surface area contributed by atoms with E-state index in [9.17, 15) is 20.1 Å². The lowest BCUT2D eigenvalue weighted by atomic mass is 9.42. The maximum Gasteiger partial charge on any atom is 0.331 e. The molecule has 8 rings (SSSR count). The summed E-state index contributed by atoms with van der Waals surface area (Å²) in [6, 6.07) is 0. The summed E-state index contributed by atoms with van der Waals surface area (Å²) in [7, 11) is 0. The second-order valence-electron chi connectivity index (χ2n) is 18.4. The molecule has 0 aromatic rings. The zero-order valence-corrected chi connectivity index (χ0v) is 32.0. The number of carbonyl (C=O) groups is 1. The van der Waals surface area contributed by atoms with Crippen molar-refractivity contribution in [2.45, 2.75) is 198 Å². The van der Waals surface area contributed by atoms with Crippen molar-refractivity contribution in [1.29, 1.82) is 0 Å². The number of hydrogen-bond acceptors (Lipinski definition) is 11. The third kappa shape index (κ3) is 6.53. The maximum atomic E-state index is 12.6. The van der Waals surface area contributed by atoms with E-state index in [-0.39, 0.29) is 78.8 Å². The van der Waals surface area contributed by atoms with Crippen LogP contribution in [0.15, 0.2) is 11.6 Å². The average molecular weight is 733 g/mol. The van der Waals surface area contributed by atoms with Crippen molar-refractivity contribution in [3.8, 4) is 0 Å². The van der Waals surface area contributed by atoms with E-state index in [0.717, 1.165) is 76.2 Å². The molecule has 52 heavy (non-hydrogen) atoms. The number of fused-ring (bicyclic) bond motifs is 5. The Morgan fingerprint density at radius 2 is 1.56 bits per heavy atom. The Balaban J connectivity index is 0.829. The van der Waals surface area contributed by atoms with Gasteiger partial charge in [-0.3, -0.25) is 0 Å². The minimum atomic E-state index is -0.963. The van der Waals surface area contributed by atoms with Crippen molar-refractivity contribution in [3.63, 3.8) is 0 Å². The molecule has 0 aromatic heterocycles. The quantitative estimate of drug-likeness (QED) is 0.232. The second-order valence-corrected chi connectivity index (χ2v) is 18.4. The van der Waals surface area contributed by atoms with Crippen LogP contribution in [-0.2, 0) is 38.0 Å². The number of aliphatic hydroxyl groups excluding tert-OH is 2. The van der Waals surface area contributed by atoms with Gasteiger partial charge < -0.3 is 48.5 Å². The van der Waals surface area contributed by atoms with Crippen LogP contribution in [0.4, 0.5) is 0 Å². The number of carbonyl (C=O) groups excluding carboxylic acids is 1. The molecule has 294 valence electrons. The minimum Gasteiger partial charge on any atom is -0.458 e. The molecule has 7 fully saturated rings. The summed E-state index contributed by atoms with van der Waals surface area (Å²) in [6.07, 6.45) is 10.1. The Kier molecular flexibility index (Phi) is 10.5. The Morgan fingerprint density at radius 3 is 2.29 bits per heavy atom. The highest BCUT2D eigenvalue weighted by Gasteiger charge is 2.71. The van der Waals surface area contributed by atoms with E-state index in [1.807, 2.05) is 13.8 Å². The first-order chi connectivity index (χ1) is 24.8. The zero-order valence-electron chi connectivity index (χ0n) is 32.0. The second kappa shape index (κ2) is 14.4. The third-order valence-corrected chi connectivity index (χ3v) is 15.7. The van der Waals surface area contributed by atoms with Crippen LogP contribution in [0, 0.1) is 34.5 Å². The molecule has 8 aliphatic rings. The Bertz CT molecular complexity index is 1330. The van der Waals surface area contributed by atoms with Gasteiger partial charge in [0.25, 0.3) is 0 Å². The molecule has 17 unspecified atom stereocenters. The highest BCUT2D eigenvalue weighted by atomic mass is 16.7. The summed E-state index contributed by atoms with van der Waals surface area (Å²) in [5, 5.41) is 35.4. The summed E-state index contributed by atoms with van der Waals surface area (Å²) < 4.78 is 43.0. The average Bonchev–Trinajstić information content (AvgIpc) is 3.65. The fourth-order valence-electron chi connectivity index (χ4n) is 12.6. The molecule has 11 heteroatoms. The van der Waals surface area contributed by atoms with E-state index in [0.29, 0.717) is 25.2 Å². The molecule has 0 amide bonds. The minimum absolute atomic E-state index is 0.0256. The number of aliphatic hydroxyl groups is 3. The van der Waals surface area contributed by atoms with Crippen LogP contribution in [0.25, 0.3) is 0 Å². The smallest absolute Gasteiger partial charge is 0.331 e. The lowest BCUT2D eigenvalue weighted by molar-refractivity contribution is -0.319. The van der Waals surface area contributed by atoms with Crippen LogP contribution in [0.5, 0.6) is 0 Å². The molecule has 0 bridgehead atoms. The van der Waals surface area contributed by atoms with Gasteiger partial charge in [0.05, 0.1) is 48.3 Å². The van der Waals surface area contributed by atoms with E-state index in [1.165, 1.54) is 0 Å². The molecule has 3 saturated heterocycles. The molecule has 0 aromatic carbocycles. The van der Waals surface area contributed by atoms with E-state index < -0.39 is 35.6 Å². The standard InChI is InChI=1S/C41H64O11/c1-22-7-6-8-35(47-22)52-38-24(3)49-37(20-31(38)42)51-32-11-12-36(48-23(32)2)50-27-13-15-39(4)26(18-27)9-10-29-30(39)19-33(43)40(5)28(14-16-41(29,40)45)25-17-34(44)46-21-25/h17,22-24,26-33,35-38,42-43,45H,6-16,18-21H2,1-5H3/t22?,23?,24-,26?,27?,28?,29?,30?,31?,32?,33?,35?,36?,37?,38?,39?,40?,41?/m1/s1. The van der Waals surface area contributed by atoms with Crippen molar-refractivity contribution in [3.05, 3.63) is 11.6 Å². The monoisotopic (exact) mass is 732 g/mol. The molecule has 0 radical (unpaired) electrons. The number of rotatable bonds is 7. The Morgan fingerprint density at radius 1 is 0.769 bits per heavy atom. The van der Waals surface area contributed by atoms with Crippen LogP contribution in [0.2, 0.25) is 0 Å². The van der Waals surface area contributed by atoms with E-state index >= 15 is 0 Å². The van der Waals surface area contributed by atoms with Gasteiger partial charge in [-0.25, -0.2) is 4.79 Å². The first-order valence-corrected chi connectivity index (χ1v) is 20.7. The molecular formula is C41H64O11. The molecule has 0 spiro atoms. The number of hydrogen-bond donors (Lipinski definition) is 3. The van der Waals surface area contributed by atoms with Gasteiger partial charge in [-0.15, -0.1) is 0 Å². The zero-order chi connectivity index (χ0) is 36.6. The summed E-state index contributed by atoms with van der Waals surface area (Å²) in [6.45, 7) is 10.8. The van der Waals surface area contributed by atoms with Crippen molar-refractivity contribution < 1.29 is 53.3 Å². The predicted octanol–water partition coefficient (Wildman–Crippen LogP) is 5.31. The van der Waals surface area contributed by atoms with Crippen molar-refractivity contribution in [2.75, 3.05) is 6.61 Å². The first-order valence-electron chi connectivity index (χ1n) is 20.7. The van der Waals surface area contributed by atoms with E-state index in [2.05, 4.69) is 20.8 Å². The van der Waals surface area contributed by atoms with Gasteiger partial charge in [0, 0.05) is 24.3 Å². The van der Waals surface area contributed by atoms with Crippen LogP contribution >= 0.6 is 0 Å². The van der Waals surface area contributed by atoms with Crippen molar-refractivity contribution in [1.82, 2.24) is 0 Å². The first kappa shape index (κ1) is 37.8.